The van der Waals surface area contributed by atoms with Gasteiger partial charge in [0.15, 0.2) is 0 Å². The molecule has 2 N–H and O–H groups in total. The molecule has 0 aromatic heterocycles. The van der Waals surface area contributed by atoms with Gasteiger partial charge in [-0.1, -0.05) is 0 Å². The Balaban J connectivity index is 0. The Morgan fingerprint density at radius 3 is 1.50 bits per heavy atom. The van der Waals surface area contributed by atoms with Crippen LogP contribution in [0.2, 0.25) is 0 Å². The van der Waals surface area contributed by atoms with E-state index in [1.165, 1.54) is 0 Å². The van der Waals surface area contributed by atoms with Gasteiger partial charge in [-0.15, -0.1) is 0 Å². The molecule has 0 saturated heterocycles. The zero-order chi connectivity index (χ0) is 6.08. The summed E-state index contributed by atoms with van der Waals surface area (Å²) < 4.78 is 15.6. The van der Waals surface area contributed by atoms with E-state index >= 15 is 0 Å². The number of hydrogen-bond acceptors (Lipinski definition) is 3. The molecule has 0 fully saturated rings. The van der Waals surface area contributed by atoms with E-state index in [0.717, 1.165) is 0 Å². The van der Waals surface area contributed by atoms with Crippen molar-refractivity contribution < 1.29 is 18.9 Å². The van der Waals surface area contributed by atoms with Crippen LogP contribution < -0.4 is 9.79 Å². The Labute approximate surface area is 71.7 Å². The van der Waals surface area contributed by atoms with Gasteiger partial charge in [-0.3, -0.25) is 0 Å². The summed E-state index contributed by atoms with van der Waals surface area (Å²) in [5, 5.41) is 0. The Hall–Kier alpha value is 1.79. The number of rotatable bonds is 0. The molecule has 2 radical (unpaired) electrons. The number of hydrogen-bond donors (Lipinski definition) is 2. The zero-order valence-electron chi connectivity index (χ0n) is 3.42. The maximum Gasteiger partial charge on any atom is 3.00 e. The average Bonchev–Trinajstić information content (AvgIpc) is 1.31. The van der Waals surface area contributed by atoms with Gasteiger partial charge in [0.25, 0.3) is 0 Å². The molecule has 0 spiro atoms. The van der Waals surface area contributed by atoms with Crippen LogP contribution in [-0.4, -0.2) is 33.5 Å². The molecule has 0 unspecified atom stereocenters. The first kappa shape index (κ1) is 12.5. The zero-order valence-corrected chi connectivity index (χ0v) is 8.50. The Morgan fingerprint density at radius 1 is 1.38 bits per heavy atom. The minimum Gasteiger partial charge on any atom is -0.851 e. The third kappa shape index (κ3) is 5.92. The van der Waals surface area contributed by atoms with Gasteiger partial charge in [0.1, 0.15) is 0 Å². The molecule has 0 aliphatic heterocycles. The van der Waals surface area contributed by atoms with Crippen molar-refractivity contribution in [3.8, 4) is 0 Å². The van der Waals surface area contributed by atoms with Crippen LogP contribution in [0.4, 0.5) is 0 Å². The molecule has 0 aliphatic carbocycles. The Morgan fingerprint density at radius 2 is 1.50 bits per heavy atom. The fourth-order valence-corrected chi connectivity index (χ4v) is 0. The van der Waals surface area contributed by atoms with E-state index in [0.29, 0.717) is 0 Å². The summed E-state index contributed by atoms with van der Waals surface area (Å²) >= 11 is 3.62. The van der Waals surface area contributed by atoms with Gasteiger partial charge in [-0.25, -0.2) is 0 Å². The topological polar surface area (TPSA) is 86.6 Å². The van der Waals surface area contributed by atoms with E-state index in [9.17, 15) is 9.79 Å². The van der Waals surface area contributed by atoms with E-state index in [1.54, 1.807) is 0 Å². The van der Waals surface area contributed by atoms with E-state index in [2.05, 4.69) is 12.2 Å². The molecule has 0 aromatic carbocycles. The molecular weight excluding hydrogens is 281 g/mol. The molecular formula is H2O4PS2Sb. The van der Waals surface area contributed by atoms with Crippen LogP contribution in [0.5, 0.6) is 0 Å². The van der Waals surface area contributed by atoms with Crippen LogP contribution in [0, 0.1) is 0 Å². The second-order valence-corrected chi connectivity index (χ2v) is 6.63. The normalized spacial score (nSPS) is 11.2. The first-order valence-corrected chi connectivity index (χ1v) is 5.48. The summed E-state index contributed by atoms with van der Waals surface area (Å²) in [6.07, 6.45) is 0. The van der Waals surface area contributed by atoms with Gasteiger partial charge in [-0.05, 0) is 0 Å². The molecule has 4 nitrogen and oxygen atoms in total. The van der Waals surface area contributed by atoms with E-state index in [-0.39, 0.29) is 24.4 Å². The van der Waals surface area contributed by atoms with Gasteiger partial charge in [0.2, 0.25) is 0 Å². The summed E-state index contributed by atoms with van der Waals surface area (Å²) in [6.45, 7) is 0. The third-order valence-corrected chi connectivity index (χ3v) is 3.00. The molecule has 0 atom stereocenters. The van der Waals surface area contributed by atoms with Gasteiger partial charge >= 0.3 is 24.4 Å². The second-order valence-electron chi connectivity index (χ2n) is 0.692. The summed E-state index contributed by atoms with van der Waals surface area (Å²) in [5.74, 6) is 0. The molecule has 8 heavy (non-hydrogen) atoms. The van der Waals surface area contributed by atoms with Crippen LogP contribution in [0.1, 0.15) is 0 Å². The van der Waals surface area contributed by atoms with Gasteiger partial charge in [0, 0.05) is 10.6 Å². The monoisotopic (exact) mass is 282 g/mol. The van der Waals surface area contributed by atoms with Gasteiger partial charge in [0.05, 0.1) is 0 Å². The maximum atomic E-state index is 9.69. The average molecular weight is 283 g/mol. The summed E-state index contributed by atoms with van der Waals surface area (Å²) in [6, 6.07) is 0. The molecule has 0 saturated carbocycles. The largest absolute Gasteiger partial charge is 3.00 e. The van der Waals surface area contributed by atoms with Crippen LogP contribution in [-0.2, 0) is 22.9 Å². The van der Waals surface area contributed by atoms with Crippen molar-refractivity contribution in [2.24, 2.45) is 0 Å². The molecule has 0 rings (SSSR count). The van der Waals surface area contributed by atoms with Crippen molar-refractivity contribution in [1.82, 2.24) is 0 Å². The summed E-state index contributed by atoms with van der Waals surface area (Å²) in [5.41, 5.74) is -4.27. The first-order chi connectivity index (χ1) is 2.94. The Kier molecular flexibility index (Phi) is 7.14. The van der Waals surface area contributed by atoms with Crippen molar-refractivity contribution in [2.45, 2.75) is 0 Å². The molecule has 0 amide bonds. The standard InChI is InChI=1S/H2O4PS2.Sb/c1-5(2,6)7(3)4;/h(H2-3,1,2,3,4,6);/q-3;+3. The Bertz CT molecular complexity index is 103. The first-order valence-electron chi connectivity index (χ1n) is 1.10. The van der Waals surface area contributed by atoms with Crippen molar-refractivity contribution in [3.63, 3.8) is 0 Å². The second kappa shape index (κ2) is 4.58. The smallest absolute Gasteiger partial charge is 0.851 e. The summed E-state index contributed by atoms with van der Waals surface area (Å²) in [4.78, 5) is 19.4. The van der Waals surface area contributed by atoms with Crippen LogP contribution >= 0.6 is 5.69 Å². The van der Waals surface area contributed by atoms with Gasteiger partial charge in [-0.2, -0.15) is 0 Å². The fraction of sp³-hybridized carbons (Fsp3) is 0. The van der Waals surface area contributed by atoms with Crippen LogP contribution in [0.15, 0.2) is 0 Å². The molecule has 0 heterocycles. The van der Waals surface area contributed by atoms with Crippen molar-refractivity contribution in [1.29, 1.82) is 0 Å². The van der Waals surface area contributed by atoms with Crippen molar-refractivity contribution in [3.05, 3.63) is 0 Å². The SMILES string of the molecule is [O-]P([O-])([S-])=S(O)O.[Sb+3]. The molecule has 0 aliphatic rings. The predicted molar refractivity (Wildman–Crippen MR) is 32.7 cm³/mol. The summed E-state index contributed by atoms with van der Waals surface area (Å²) in [7, 11) is -2.62. The van der Waals surface area contributed by atoms with Gasteiger partial charge < -0.3 is 36.8 Å². The molecule has 0 aromatic rings. The minimum atomic E-state index is -4.27. The van der Waals surface area contributed by atoms with Crippen LogP contribution in [0.25, 0.3) is 0 Å². The molecule has 8 heteroatoms. The van der Waals surface area contributed by atoms with Crippen molar-refractivity contribution >= 4 is 53.0 Å². The van der Waals surface area contributed by atoms with E-state index in [1.807, 2.05) is 0 Å². The van der Waals surface area contributed by atoms with E-state index in [4.69, 9.17) is 9.11 Å². The maximum absolute atomic E-state index is 9.69. The predicted octanol–water partition coefficient (Wildman–Crippen LogP) is -1.88. The van der Waals surface area contributed by atoms with E-state index < -0.39 is 16.3 Å². The molecule has 0 bridgehead atoms. The quantitative estimate of drug-likeness (QED) is 0.308. The fourth-order valence-electron chi connectivity index (χ4n) is 0. The van der Waals surface area contributed by atoms with Crippen LogP contribution in [0.3, 0.4) is 0 Å². The third-order valence-electron chi connectivity index (χ3n) is 0.200. The van der Waals surface area contributed by atoms with Crippen molar-refractivity contribution in [2.75, 3.05) is 0 Å². The molecule has 48 valence electrons. The minimum absolute atomic E-state index is 0.